The second-order valence-electron chi connectivity index (χ2n) is 7.93. The van der Waals surface area contributed by atoms with Crippen molar-refractivity contribution >= 4 is 15.9 Å². The maximum Gasteiger partial charge on any atom is 0.244 e. The SMILES string of the molecule is C=C[C@H]1CN(Cc2ccccn2)C(=O)C2CCC[C@@H]1N2S(=O)(=O)c1cccc(C#N)c1. The summed E-state index contributed by atoms with van der Waals surface area (Å²) in [7, 11) is -3.98. The van der Waals surface area contributed by atoms with Gasteiger partial charge in [-0.15, -0.1) is 6.58 Å². The van der Waals surface area contributed by atoms with Gasteiger partial charge < -0.3 is 4.90 Å². The van der Waals surface area contributed by atoms with Crippen LogP contribution in [0.25, 0.3) is 0 Å². The maximum absolute atomic E-state index is 13.7. The summed E-state index contributed by atoms with van der Waals surface area (Å²) in [4.78, 5) is 19.6. The third-order valence-electron chi connectivity index (χ3n) is 6.05. The largest absolute Gasteiger partial charge is 0.335 e. The molecule has 1 amide bonds. The van der Waals surface area contributed by atoms with Gasteiger partial charge in [0.25, 0.3) is 0 Å². The van der Waals surface area contributed by atoms with Crippen LogP contribution >= 0.6 is 0 Å². The van der Waals surface area contributed by atoms with E-state index < -0.39 is 16.1 Å². The van der Waals surface area contributed by atoms with Gasteiger partial charge in [-0.2, -0.15) is 9.57 Å². The van der Waals surface area contributed by atoms with Crippen LogP contribution in [-0.2, 0) is 21.4 Å². The Hall–Kier alpha value is -3.02. The molecule has 0 aliphatic carbocycles. The van der Waals surface area contributed by atoms with Crippen LogP contribution in [0.3, 0.4) is 0 Å². The summed E-state index contributed by atoms with van der Waals surface area (Å²) in [5.41, 5.74) is 1.02. The van der Waals surface area contributed by atoms with Crippen LogP contribution in [0.4, 0.5) is 0 Å². The van der Waals surface area contributed by atoms with Gasteiger partial charge in [0.15, 0.2) is 0 Å². The maximum atomic E-state index is 13.7. The Morgan fingerprint density at radius 1 is 1.23 bits per heavy atom. The summed E-state index contributed by atoms with van der Waals surface area (Å²) >= 11 is 0. The first kappa shape index (κ1) is 21.2. The zero-order valence-corrected chi connectivity index (χ0v) is 17.9. The minimum absolute atomic E-state index is 0.0391. The van der Waals surface area contributed by atoms with Crippen molar-refractivity contribution in [1.29, 1.82) is 5.26 Å². The van der Waals surface area contributed by atoms with Crippen molar-refractivity contribution in [3.8, 4) is 6.07 Å². The number of carbonyl (C=O) groups is 1. The van der Waals surface area contributed by atoms with E-state index >= 15 is 0 Å². The van der Waals surface area contributed by atoms with Crippen LogP contribution < -0.4 is 0 Å². The summed E-state index contributed by atoms with van der Waals surface area (Å²) in [6, 6.07) is 12.4. The van der Waals surface area contributed by atoms with E-state index in [1.54, 1.807) is 29.3 Å². The Morgan fingerprint density at radius 2 is 2.06 bits per heavy atom. The quantitative estimate of drug-likeness (QED) is 0.672. The van der Waals surface area contributed by atoms with E-state index in [9.17, 15) is 18.5 Å². The van der Waals surface area contributed by atoms with E-state index in [4.69, 9.17) is 0 Å². The van der Waals surface area contributed by atoms with E-state index in [1.807, 2.05) is 24.3 Å². The van der Waals surface area contributed by atoms with Crippen LogP contribution in [0.15, 0.2) is 66.2 Å². The molecule has 1 aromatic heterocycles. The molecule has 4 rings (SSSR count). The van der Waals surface area contributed by atoms with Crippen molar-refractivity contribution in [2.75, 3.05) is 6.54 Å². The monoisotopic (exact) mass is 436 g/mol. The van der Waals surface area contributed by atoms with Crippen molar-refractivity contribution in [1.82, 2.24) is 14.2 Å². The number of aromatic nitrogens is 1. The number of carbonyl (C=O) groups excluding carboxylic acids is 1. The summed E-state index contributed by atoms with van der Waals surface area (Å²) in [6.45, 7) is 4.66. The van der Waals surface area contributed by atoms with Gasteiger partial charge in [-0.05, 0) is 49.6 Å². The van der Waals surface area contributed by atoms with Crippen molar-refractivity contribution in [3.63, 3.8) is 0 Å². The van der Waals surface area contributed by atoms with E-state index in [0.29, 0.717) is 25.9 Å². The van der Waals surface area contributed by atoms with Crippen LogP contribution in [0, 0.1) is 17.2 Å². The molecule has 1 aromatic carbocycles. The molecule has 160 valence electrons. The van der Waals surface area contributed by atoms with Crippen LogP contribution in [0.2, 0.25) is 0 Å². The first-order chi connectivity index (χ1) is 15.0. The lowest BCUT2D eigenvalue weighted by molar-refractivity contribution is -0.135. The molecule has 0 saturated carbocycles. The Bertz CT molecular complexity index is 1130. The molecule has 0 N–H and O–H groups in total. The average molecular weight is 437 g/mol. The minimum atomic E-state index is -3.98. The zero-order valence-electron chi connectivity index (χ0n) is 17.1. The highest BCUT2D eigenvalue weighted by Crippen LogP contribution is 2.37. The number of rotatable bonds is 5. The number of nitriles is 1. The van der Waals surface area contributed by atoms with Gasteiger partial charge in [0, 0.05) is 24.7 Å². The molecular weight excluding hydrogens is 412 g/mol. The van der Waals surface area contributed by atoms with E-state index in [1.165, 1.54) is 16.4 Å². The number of benzene rings is 1. The number of nitrogens with zero attached hydrogens (tertiary/aromatic N) is 4. The van der Waals surface area contributed by atoms with Crippen LogP contribution in [-0.4, -0.2) is 47.1 Å². The fourth-order valence-corrected chi connectivity index (χ4v) is 6.49. The topological polar surface area (TPSA) is 94.4 Å². The standard InChI is InChI=1S/C23H24N4O3S/c1-2-18-15-26(16-19-8-3-4-12-25-19)23(28)22-11-6-10-21(18)27(22)31(29,30)20-9-5-7-17(13-20)14-24/h2-5,7-9,12-13,18,21-22H,1,6,10-11,15-16H2/t18-,21-,22?/m0/s1. The molecule has 7 nitrogen and oxygen atoms in total. The van der Waals surface area contributed by atoms with E-state index in [0.717, 1.165) is 12.1 Å². The van der Waals surface area contributed by atoms with Gasteiger partial charge in [-0.1, -0.05) is 18.2 Å². The third-order valence-corrected chi connectivity index (χ3v) is 7.98. The second kappa shape index (κ2) is 8.61. The zero-order chi connectivity index (χ0) is 22.0. The van der Waals surface area contributed by atoms with Crippen molar-refractivity contribution in [3.05, 3.63) is 72.6 Å². The fraction of sp³-hybridized carbons (Fsp3) is 0.348. The summed E-state index contributed by atoms with van der Waals surface area (Å²) < 4.78 is 28.8. The Labute approximate surface area is 182 Å². The number of fused-ring (bicyclic) bond motifs is 2. The van der Waals surface area contributed by atoms with Gasteiger partial charge in [-0.3, -0.25) is 9.78 Å². The molecule has 1 unspecified atom stereocenters. The molecule has 2 aliphatic heterocycles. The number of pyridine rings is 1. The molecule has 0 spiro atoms. The average Bonchev–Trinajstić information content (AvgIpc) is 2.87. The molecule has 2 fully saturated rings. The predicted molar refractivity (Wildman–Crippen MR) is 115 cm³/mol. The lowest BCUT2D eigenvalue weighted by Crippen LogP contribution is -2.54. The molecular formula is C23H24N4O3S. The van der Waals surface area contributed by atoms with Gasteiger partial charge in [0.1, 0.15) is 6.04 Å². The predicted octanol–water partition coefficient (Wildman–Crippen LogP) is 2.71. The van der Waals surface area contributed by atoms with Crippen molar-refractivity contribution in [2.24, 2.45) is 5.92 Å². The molecule has 31 heavy (non-hydrogen) atoms. The molecule has 0 radical (unpaired) electrons. The lowest BCUT2D eigenvalue weighted by atomic mass is 9.90. The first-order valence-corrected chi connectivity index (χ1v) is 11.7. The minimum Gasteiger partial charge on any atom is -0.335 e. The molecule has 2 bridgehead atoms. The summed E-state index contributed by atoms with van der Waals surface area (Å²) in [6.07, 6.45) is 5.34. The second-order valence-corrected chi connectivity index (χ2v) is 9.77. The number of amides is 1. The van der Waals surface area contributed by atoms with Crippen LogP contribution in [0.5, 0.6) is 0 Å². The molecule has 2 aliphatic rings. The Morgan fingerprint density at radius 3 is 2.77 bits per heavy atom. The smallest absolute Gasteiger partial charge is 0.244 e. The molecule has 2 aromatic rings. The molecule has 3 heterocycles. The highest BCUT2D eigenvalue weighted by atomic mass is 32.2. The van der Waals surface area contributed by atoms with Gasteiger partial charge in [0.2, 0.25) is 15.9 Å². The molecule has 3 atom stereocenters. The highest BCUT2D eigenvalue weighted by Gasteiger charge is 2.49. The third kappa shape index (κ3) is 3.99. The van der Waals surface area contributed by atoms with Crippen molar-refractivity contribution in [2.45, 2.75) is 42.8 Å². The fourth-order valence-electron chi connectivity index (χ4n) is 4.57. The first-order valence-electron chi connectivity index (χ1n) is 10.3. The Balaban J connectivity index is 1.75. The number of hydrogen-bond acceptors (Lipinski definition) is 5. The number of piperidine rings is 1. The molecule has 2 saturated heterocycles. The number of sulfonamides is 1. The van der Waals surface area contributed by atoms with Gasteiger partial charge >= 0.3 is 0 Å². The van der Waals surface area contributed by atoms with E-state index in [2.05, 4.69) is 11.6 Å². The highest BCUT2D eigenvalue weighted by molar-refractivity contribution is 7.89. The van der Waals surface area contributed by atoms with E-state index in [-0.39, 0.29) is 28.3 Å². The Kier molecular flexibility index (Phi) is 5.90. The number of hydrogen-bond donors (Lipinski definition) is 0. The van der Waals surface area contributed by atoms with Gasteiger partial charge in [-0.25, -0.2) is 8.42 Å². The van der Waals surface area contributed by atoms with Crippen LogP contribution in [0.1, 0.15) is 30.5 Å². The lowest BCUT2D eigenvalue weighted by Gasteiger charge is -2.40. The van der Waals surface area contributed by atoms with Gasteiger partial charge in [0.05, 0.1) is 28.8 Å². The summed E-state index contributed by atoms with van der Waals surface area (Å²) in [5.74, 6) is -0.411. The van der Waals surface area contributed by atoms with Crippen molar-refractivity contribution < 1.29 is 13.2 Å². The molecule has 8 heteroatoms. The normalized spacial score (nSPS) is 24.3. The summed E-state index contributed by atoms with van der Waals surface area (Å²) in [5, 5.41) is 9.20.